The van der Waals surface area contributed by atoms with E-state index in [1.807, 2.05) is 0 Å². The van der Waals surface area contributed by atoms with Crippen LogP contribution in [0, 0.1) is 34.8 Å². The minimum atomic E-state index is -0.731. The van der Waals surface area contributed by atoms with Crippen LogP contribution in [0.2, 0.25) is 0 Å². The van der Waals surface area contributed by atoms with Crippen LogP contribution in [-0.2, 0) is 6.42 Å². The molecule has 0 atom stereocenters. The first kappa shape index (κ1) is 25.6. The zero-order chi connectivity index (χ0) is 24.6. The smallest absolute Gasteiger partial charge is 0.144 e. The molecule has 35 heavy (non-hydrogen) atoms. The van der Waals surface area contributed by atoms with Crippen molar-refractivity contribution in [2.24, 2.45) is 11.8 Å². The van der Waals surface area contributed by atoms with Gasteiger partial charge in [-0.25, -0.2) is 8.78 Å². The lowest BCUT2D eigenvalue weighted by atomic mass is 9.76. The maximum Gasteiger partial charge on any atom is 0.144 e. The Morgan fingerprint density at radius 1 is 0.800 bits per heavy atom. The third-order valence-electron chi connectivity index (χ3n) is 8.61. The molecule has 2 aromatic carbocycles. The Hall–Kier alpha value is -2.47. The number of hydrogen-bond donors (Lipinski definition) is 0. The van der Waals surface area contributed by atoms with E-state index in [0.717, 1.165) is 43.9 Å². The lowest BCUT2D eigenvalue weighted by Crippen LogP contribution is -2.15. The first-order chi connectivity index (χ1) is 17.1. The monoisotopic (exact) mass is 475 g/mol. The number of benzene rings is 2. The summed E-state index contributed by atoms with van der Waals surface area (Å²) in [5, 5.41) is 8.88. The van der Waals surface area contributed by atoms with Gasteiger partial charge in [-0.2, -0.15) is 5.26 Å². The minimum Gasteiger partial charge on any atom is -0.205 e. The average molecular weight is 476 g/mol. The van der Waals surface area contributed by atoms with Crippen molar-refractivity contribution >= 4 is 0 Å². The molecule has 2 fully saturated rings. The van der Waals surface area contributed by atoms with Crippen molar-refractivity contribution in [1.82, 2.24) is 0 Å². The van der Waals surface area contributed by atoms with Crippen LogP contribution in [0.4, 0.5) is 8.78 Å². The Labute approximate surface area is 210 Å². The predicted octanol–water partition coefficient (Wildman–Crippen LogP) is 9.37. The van der Waals surface area contributed by atoms with Crippen LogP contribution in [0.15, 0.2) is 48.6 Å². The van der Waals surface area contributed by atoms with Gasteiger partial charge in [0.05, 0.1) is 0 Å². The van der Waals surface area contributed by atoms with Gasteiger partial charge in [-0.15, -0.1) is 0 Å². The van der Waals surface area contributed by atoms with E-state index in [4.69, 9.17) is 5.26 Å². The fraction of sp³-hybridized carbons (Fsp3) is 0.531. The van der Waals surface area contributed by atoms with Gasteiger partial charge in [0.15, 0.2) is 0 Å². The molecule has 2 saturated carbocycles. The summed E-state index contributed by atoms with van der Waals surface area (Å²) in [4.78, 5) is 0. The number of aryl methyl sites for hydroxylation is 1. The van der Waals surface area contributed by atoms with Crippen molar-refractivity contribution in [2.75, 3.05) is 0 Å². The normalized spacial score (nSPS) is 25.0. The van der Waals surface area contributed by atoms with Crippen LogP contribution >= 0.6 is 0 Å². The van der Waals surface area contributed by atoms with E-state index in [9.17, 15) is 8.78 Å². The van der Waals surface area contributed by atoms with E-state index in [1.165, 1.54) is 68.2 Å². The molecule has 0 aromatic heterocycles. The van der Waals surface area contributed by atoms with E-state index in [1.54, 1.807) is 6.07 Å². The molecule has 0 bridgehead atoms. The molecule has 2 aliphatic rings. The van der Waals surface area contributed by atoms with E-state index in [2.05, 4.69) is 43.3 Å². The Bertz CT molecular complexity index is 994. The third kappa shape index (κ3) is 6.81. The number of nitrogens with zero attached hydrogens (tertiary/aromatic N) is 1. The molecule has 0 spiro atoms. The highest BCUT2D eigenvalue weighted by molar-refractivity contribution is 5.36. The van der Waals surface area contributed by atoms with Crippen LogP contribution in [0.25, 0.3) is 0 Å². The van der Waals surface area contributed by atoms with Gasteiger partial charge in [0.25, 0.3) is 0 Å². The van der Waals surface area contributed by atoms with E-state index in [0.29, 0.717) is 11.5 Å². The molecule has 0 N–H and O–H groups in total. The minimum absolute atomic E-state index is 0.195. The highest BCUT2D eigenvalue weighted by Gasteiger charge is 2.25. The van der Waals surface area contributed by atoms with Crippen LogP contribution < -0.4 is 0 Å². The fourth-order valence-electron chi connectivity index (χ4n) is 6.33. The van der Waals surface area contributed by atoms with Crippen LogP contribution in [0.3, 0.4) is 0 Å². The van der Waals surface area contributed by atoms with Gasteiger partial charge in [0.1, 0.15) is 23.3 Å². The topological polar surface area (TPSA) is 23.8 Å². The standard InChI is InChI=1S/C32H39F2N/c1-2-3-4-5-23-8-14-26(15-9-23)27-16-10-24(11-17-27)6-7-25-12-18-28(19-13-25)29-20-31(33)30(22-35)32(34)21-29/h2-3,10-11,16-17,20-21,23,25-26,28H,4-9,12-15,18-19H2,1H3/b3-2+. The van der Waals surface area contributed by atoms with Gasteiger partial charge in [-0.3, -0.25) is 0 Å². The van der Waals surface area contributed by atoms with Crippen molar-refractivity contribution < 1.29 is 8.78 Å². The summed E-state index contributed by atoms with van der Waals surface area (Å²) in [6.07, 6.45) is 18.9. The van der Waals surface area contributed by atoms with Gasteiger partial charge in [-0.05, 0) is 136 Å². The van der Waals surface area contributed by atoms with Crippen molar-refractivity contribution in [3.05, 3.63) is 82.4 Å². The molecule has 2 aliphatic carbocycles. The maximum absolute atomic E-state index is 14.0. The third-order valence-corrected chi connectivity index (χ3v) is 8.61. The van der Waals surface area contributed by atoms with Crippen molar-refractivity contribution in [2.45, 2.75) is 95.8 Å². The summed E-state index contributed by atoms with van der Waals surface area (Å²) >= 11 is 0. The molecule has 3 heteroatoms. The molecule has 0 unspecified atom stereocenters. The second-order valence-electron chi connectivity index (χ2n) is 10.8. The quantitative estimate of drug-likeness (QED) is 0.349. The van der Waals surface area contributed by atoms with E-state index in [-0.39, 0.29) is 5.92 Å². The fourth-order valence-corrected chi connectivity index (χ4v) is 6.33. The van der Waals surface area contributed by atoms with Gasteiger partial charge < -0.3 is 0 Å². The molecule has 0 heterocycles. The summed E-state index contributed by atoms with van der Waals surface area (Å²) in [6.45, 7) is 2.11. The summed E-state index contributed by atoms with van der Waals surface area (Å²) in [5.74, 6) is 1.05. The summed E-state index contributed by atoms with van der Waals surface area (Å²) in [7, 11) is 0. The van der Waals surface area contributed by atoms with E-state index < -0.39 is 17.2 Å². The van der Waals surface area contributed by atoms with Crippen LogP contribution in [0.5, 0.6) is 0 Å². The molecule has 0 radical (unpaired) electrons. The highest BCUT2D eigenvalue weighted by Crippen LogP contribution is 2.39. The summed E-state index contributed by atoms with van der Waals surface area (Å²) in [5.41, 5.74) is 3.18. The summed E-state index contributed by atoms with van der Waals surface area (Å²) < 4.78 is 28.0. The zero-order valence-corrected chi connectivity index (χ0v) is 21.1. The van der Waals surface area contributed by atoms with Crippen molar-refractivity contribution in [1.29, 1.82) is 5.26 Å². The van der Waals surface area contributed by atoms with Crippen molar-refractivity contribution in [3.8, 4) is 6.07 Å². The largest absolute Gasteiger partial charge is 0.205 e. The number of hydrogen-bond acceptors (Lipinski definition) is 1. The molecule has 2 aromatic rings. The Morgan fingerprint density at radius 3 is 1.89 bits per heavy atom. The van der Waals surface area contributed by atoms with Crippen LogP contribution in [0.1, 0.15) is 112 Å². The number of halogens is 2. The Kier molecular flexibility index (Phi) is 9.13. The van der Waals surface area contributed by atoms with Crippen LogP contribution in [-0.4, -0.2) is 0 Å². The first-order valence-electron chi connectivity index (χ1n) is 13.7. The molecular weight excluding hydrogens is 436 g/mol. The molecule has 1 nitrogen and oxygen atoms in total. The second kappa shape index (κ2) is 12.5. The summed E-state index contributed by atoms with van der Waals surface area (Å²) in [6, 6.07) is 13.7. The Morgan fingerprint density at radius 2 is 1.34 bits per heavy atom. The Balaban J connectivity index is 1.20. The van der Waals surface area contributed by atoms with E-state index >= 15 is 0 Å². The number of rotatable bonds is 8. The van der Waals surface area contributed by atoms with Gasteiger partial charge in [-0.1, -0.05) is 36.4 Å². The average Bonchev–Trinajstić information content (AvgIpc) is 2.88. The lowest BCUT2D eigenvalue weighted by Gasteiger charge is -2.29. The highest BCUT2D eigenvalue weighted by atomic mass is 19.1. The lowest BCUT2D eigenvalue weighted by molar-refractivity contribution is 0.309. The van der Waals surface area contributed by atoms with Gasteiger partial charge in [0, 0.05) is 0 Å². The first-order valence-corrected chi connectivity index (χ1v) is 13.7. The predicted molar refractivity (Wildman–Crippen MR) is 139 cm³/mol. The SMILES string of the molecule is C/C=C/CCC1CCC(c2ccc(CCC3CCC(c4cc(F)c(C#N)c(F)c4)CC3)cc2)CC1. The molecule has 0 aliphatic heterocycles. The molecule has 0 saturated heterocycles. The molecule has 4 rings (SSSR count). The zero-order valence-electron chi connectivity index (χ0n) is 21.1. The van der Waals surface area contributed by atoms with Crippen molar-refractivity contribution in [3.63, 3.8) is 0 Å². The maximum atomic E-state index is 14.0. The van der Waals surface area contributed by atoms with Gasteiger partial charge >= 0.3 is 0 Å². The molecule has 186 valence electrons. The van der Waals surface area contributed by atoms with Gasteiger partial charge in [0.2, 0.25) is 0 Å². The number of nitriles is 1. The number of allylic oxidation sites excluding steroid dienone is 2. The molecule has 0 amide bonds. The molecular formula is C32H39F2N. The second-order valence-corrected chi connectivity index (χ2v) is 10.8.